The Morgan fingerprint density at radius 2 is 2.05 bits per heavy atom. The molecule has 0 saturated carbocycles. The molecule has 0 aliphatic carbocycles. The summed E-state index contributed by atoms with van der Waals surface area (Å²) < 4.78 is 1.13. The fourth-order valence-corrected chi connectivity index (χ4v) is 3.36. The molecule has 2 atom stereocenters. The lowest BCUT2D eigenvalue weighted by Crippen LogP contribution is -2.34. The molecule has 1 aromatic heterocycles. The van der Waals surface area contributed by atoms with Crippen LogP contribution in [0.2, 0.25) is 0 Å². The number of hydrogen-bond acceptors (Lipinski definition) is 3. The SMILES string of the molecule is Cc1c(C(=O)NC(C)CC(C)O)sc2ccccc12. The van der Waals surface area contributed by atoms with Gasteiger partial charge in [-0.15, -0.1) is 11.3 Å². The molecule has 0 spiro atoms. The Kier molecular flexibility index (Phi) is 4.22. The Hall–Kier alpha value is -1.39. The van der Waals surface area contributed by atoms with Crippen molar-refractivity contribution in [1.82, 2.24) is 5.32 Å². The molecule has 0 aliphatic rings. The van der Waals surface area contributed by atoms with Gasteiger partial charge < -0.3 is 10.4 Å². The molecule has 2 unspecified atom stereocenters. The summed E-state index contributed by atoms with van der Waals surface area (Å²) in [5.41, 5.74) is 1.03. The average molecular weight is 277 g/mol. The summed E-state index contributed by atoms with van der Waals surface area (Å²) in [6, 6.07) is 8.01. The van der Waals surface area contributed by atoms with Crippen LogP contribution in [0.5, 0.6) is 0 Å². The van der Waals surface area contributed by atoms with Crippen molar-refractivity contribution in [3.8, 4) is 0 Å². The number of hydrogen-bond donors (Lipinski definition) is 2. The van der Waals surface area contributed by atoms with Crippen LogP contribution in [0, 0.1) is 6.92 Å². The first kappa shape index (κ1) is 14.0. The minimum Gasteiger partial charge on any atom is -0.393 e. The predicted molar refractivity (Wildman–Crippen MR) is 79.8 cm³/mol. The third-order valence-electron chi connectivity index (χ3n) is 3.12. The molecule has 1 aromatic carbocycles. The summed E-state index contributed by atoms with van der Waals surface area (Å²) in [7, 11) is 0. The van der Waals surface area contributed by atoms with Crippen LogP contribution in [0.1, 0.15) is 35.5 Å². The number of carbonyl (C=O) groups is 1. The molecule has 1 heterocycles. The molecule has 19 heavy (non-hydrogen) atoms. The van der Waals surface area contributed by atoms with Gasteiger partial charge in [0.2, 0.25) is 0 Å². The number of rotatable bonds is 4. The highest BCUT2D eigenvalue weighted by Crippen LogP contribution is 2.30. The number of aliphatic hydroxyl groups excluding tert-OH is 1. The van der Waals surface area contributed by atoms with Gasteiger partial charge in [0, 0.05) is 10.7 Å². The zero-order valence-corrected chi connectivity index (χ0v) is 12.3. The van der Waals surface area contributed by atoms with Crippen molar-refractivity contribution >= 4 is 27.3 Å². The number of aryl methyl sites for hydroxylation is 1. The molecule has 0 aliphatic heterocycles. The molecule has 2 N–H and O–H groups in total. The van der Waals surface area contributed by atoms with Crippen LogP contribution in [0.25, 0.3) is 10.1 Å². The second-order valence-corrected chi connectivity index (χ2v) is 6.06. The van der Waals surface area contributed by atoms with Crippen molar-refractivity contribution in [3.63, 3.8) is 0 Å². The highest BCUT2D eigenvalue weighted by atomic mass is 32.1. The van der Waals surface area contributed by atoms with Crippen molar-refractivity contribution in [2.24, 2.45) is 0 Å². The summed E-state index contributed by atoms with van der Waals surface area (Å²) in [4.78, 5) is 13.0. The maximum absolute atomic E-state index is 12.2. The Morgan fingerprint density at radius 1 is 1.37 bits per heavy atom. The standard InChI is InChI=1S/C15H19NO2S/c1-9(8-10(2)17)16-15(18)14-11(3)12-6-4-5-7-13(12)19-14/h4-7,9-10,17H,8H2,1-3H3,(H,16,18). The maximum Gasteiger partial charge on any atom is 0.261 e. The van der Waals surface area contributed by atoms with Crippen LogP contribution in [0.3, 0.4) is 0 Å². The summed E-state index contributed by atoms with van der Waals surface area (Å²) in [5.74, 6) is -0.0492. The first-order chi connectivity index (χ1) is 8.99. The number of aliphatic hydroxyl groups is 1. The van der Waals surface area contributed by atoms with E-state index in [0.717, 1.165) is 20.5 Å². The van der Waals surface area contributed by atoms with Gasteiger partial charge in [-0.3, -0.25) is 4.79 Å². The number of carbonyl (C=O) groups excluding carboxylic acids is 1. The van der Waals surface area contributed by atoms with Crippen LogP contribution >= 0.6 is 11.3 Å². The number of fused-ring (bicyclic) bond motifs is 1. The van der Waals surface area contributed by atoms with Crippen molar-refractivity contribution in [3.05, 3.63) is 34.7 Å². The summed E-state index contributed by atoms with van der Waals surface area (Å²) >= 11 is 1.52. The number of amides is 1. The molecule has 0 saturated heterocycles. The maximum atomic E-state index is 12.2. The zero-order valence-electron chi connectivity index (χ0n) is 11.4. The molecule has 0 radical (unpaired) electrons. The first-order valence-corrected chi connectivity index (χ1v) is 7.27. The Labute approximate surface area is 117 Å². The van der Waals surface area contributed by atoms with Gasteiger partial charge in [-0.05, 0) is 44.2 Å². The Bertz CT molecular complexity index is 589. The van der Waals surface area contributed by atoms with E-state index in [1.807, 2.05) is 38.1 Å². The van der Waals surface area contributed by atoms with Gasteiger partial charge in [0.25, 0.3) is 5.91 Å². The van der Waals surface area contributed by atoms with E-state index in [9.17, 15) is 9.90 Å². The fourth-order valence-electron chi connectivity index (χ4n) is 2.25. The van der Waals surface area contributed by atoms with Crippen molar-refractivity contribution in [1.29, 1.82) is 0 Å². The molecule has 102 valence electrons. The predicted octanol–water partition coefficient (Wildman–Crippen LogP) is 3.10. The third kappa shape index (κ3) is 3.14. The average Bonchev–Trinajstić information content (AvgIpc) is 2.66. The molecule has 2 aromatic rings. The largest absolute Gasteiger partial charge is 0.393 e. The first-order valence-electron chi connectivity index (χ1n) is 6.46. The summed E-state index contributed by atoms with van der Waals surface area (Å²) in [6.07, 6.45) is 0.161. The fraction of sp³-hybridized carbons (Fsp3) is 0.400. The van der Waals surface area contributed by atoms with Crippen LogP contribution < -0.4 is 5.32 Å². The highest BCUT2D eigenvalue weighted by molar-refractivity contribution is 7.21. The van der Waals surface area contributed by atoms with Crippen LogP contribution in [-0.4, -0.2) is 23.2 Å². The summed E-state index contributed by atoms with van der Waals surface area (Å²) in [6.45, 7) is 5.62. The smallest absolute Gasteiger partial charge is 0.261 e. The Morgan fingerprint density at radius 3 is 2.68 bits per heavy atom. The molecular weight excluding hydrogens is 258 g/mol. The Balaban J connectivity index is 2.20. The van der Waals surface area contributed by atoms with E-state index >= 15 is 0 Å². The van der Waals surface area contributed by atoms with Gasteiger partial charge >= 0.3 is 0 Å². The number of benzene rings is 1. The molecule has 3 nitrogen and oxygen atoms in total. The number of thiophene rings is 1. The van der Waals surface area contributed by atoms with E-state index in [-0.39, 0.29) is 11.9 Å². The van der Waals surface area contributed by atoms with Crippen molar-refractivity contribution in [2.75, 3.05) is 0 Å². The molecular formula is C15H19NO2S. The van der Waals surface area contributed by atoms with Gasteiger partial charge in [-0.1, -0.05) is 18.2 Å². The van der Waals surface area contributed by atoms with E-state index in [0.29, 0.717) is 6.42 Å². The monoisotopic (exact) mass is 277 g/mol. The van der Waals surface area contributed by atoms with E-state index in [2.05, 4.69) is 5.32 Å². The van der Waals surface area contributed by atoms with E-state index < -0.39 is 6.10 Å². The lowest BCUT2D eigenvalue weighted by atomic mass is 10.1. The van der Waals surface area contributed by atoms with Crippen LogP contribution in [0.15, 0.2) is 24.3 Å². The molecule has 0 bridgehead atoms. The topological polar surface area (TPSA) is 49.3 Å². The van der Waals surface area contributed by atoms with Gasteiger partial charge in [0.05, 0.1) is 11.0 Å². The summed E-state index contributed by atoms with van der Waals surface area (Å²) in [5, 5.41) is 13.4. The van der Waals surface area contributed by atoms with Crippen molar-refractivity contribution < 1.29 is 9.90 Å². The molecule has 4 heteroatoms. The van der Waals surface area contributed by atoms with Crippen molar-refractivity contribution in [2.45, 2.75) is 39.3 Å². The van der Waals surface area contributed by atoms with Crippen LogP contribution in [0.4, 0.5) is 0 Å². The van der Waals surface area contributed by atoms with E-state index in [1.54, 1.807) is 6.92 Å². The highest BCUT2D eigenvalue weighted by Gasteiger charge is 2.17. The second-order valence-electron chi connectivity index (χ2n) is 5.01. The van der Waals surface area contributed by atoms with Gasteiger partial charge in [0.15, 0.2) is 0 Å². The van der Waals surface area contributed by atoms with Gasteiger partial charge in [0.1, 0.15) is 0 Å². The van der Waals surface area contributed by atoms with Gasteiger partial charge in [-0.2, -0.15) is 0 Å². The normalized spacial score (nSPS) is 14.3. The quantitative estimate of drug-likeness (QED) is 0.902. The lowest BCUT2D eigenvalue weighted by molar-refractivity contribution is 0.0926. The minimum atomic E-state index is -0.404. The van der Waals surface area contributed by atoms with E-state index in [1.165, 1.54) is 11.3 Å². The second kappa shape index (κ2) is 5.72. The number of nitrogens with one attached hydrogen (secondary N) is 1. The van der Waals surface area contributed by atoms with E-state index in [4.69, 9.17) is 0 Å². The molecule has 2 rings (SSSR count). The zero-order chi connectivity index (χ0) is 14.0. The lowest BCUT2D eigenvalue weighted by Gasteiger charge is -2.15. The molecule has 1 amide bonds. The third-order valence-corrected chi connectivity index (χ3v) is 4.39. The van der Waals surface area contributed by atoms with Crippen LogP contribution in [-0.2, 0) is 0 Å². The molecule has 0 fully saturated rings. The van der Waals surface area contributed by atoms with Gasteiger partial charge in [-0.25, -0.2) is 0 Å². The minimum absolute atomic E-state index is 0.0305.